The normalized spacial score (nSPS) is 31.2. The topological polar surface area (TPSA) is 77.7 Å². The number of nitrogens with two attached hydrogens (primary N) is 1. The summed E-state index contributed by atoms with van der Waals surface area (Å²) < 4.78 is 0. The van der Waals surface area contributed by atoms with Gasteiger partial charge in [-0.15, -0.1) is 0 Å². The second-order valence-electron chi connectivity index (χ2n) is 16.7. The van der Waals surface area contributed by atoms with Crippen LogP contribution in [0.1, 0.15) is 153 Å². The summed E-state index contributed by atoms with van der Waals surface area (Å²) in [6.45, 7) is 8.78. The molecule has 272 valence electrons. The van der Waals surface area contributed by atoms with Crippen molar-refractivity contribution in [3.8, 4) is 0 Å². The highest BCUT2D eigenvalue weighted by molar-refractivity contribution is 5.84. The Hall–Kier alpha value is -2.15. The van der Waals surface area contributed by atoms with Crippen LogP contribution in [0.4, 0.5) is 0 Å². The fourth-order valence-corrected chi connectivity index (χ4v) is 9.94. The summed E-state index contributed by atoms with van der Waals surface area (Å²) in [5.41, 5.74) is 12.6. The number of nitrogens with zero attached hydrogens (tertiary/aromatic N) is 2. The van der Waals surface area contributed by atoms with E-state index in [0.29, 0.717) is 12.1 Å². The Balaban J connectivity index is 0.905. The number of aliphatic imine (C=N–C) groups is 1. The van der Waals surface area contributed by atoms with Gasteiger partial charge in [-0.2, -0.15) is 0 Å². The first kappa shape index (κ1) is 36.6. The number of hydrogen-bond donors (Lipinski definition) is 4. The van der Waals surface area contributed by atoms with Crippen molar-refractivity contribution in [1.29, 1.82) is 0 Å². The first-order valence-electron chi connectivity index (χ1n) is 20.8. The maximum atomic E-state index is 6.56. The van der Waals surface area contributed by atoms with Gasteiger partial charge in [-0.3, -0.25) is 9.89 Å². The molecule has 3 atom stereocenters. The largest absolute Gasteiger partial charge is 0.385 e. The predicted octanol–water partition coefficient (Wildman–Crippen LogP) is 8.87. The Morgan fingerprint density at radius 2 is 1.67 bits per heavy atom. The van der Waals surface area contributed by atoms with E-state index in [4.69, 9.17) is 10.7 Å². The number of hydrogen-bond acceptors (Lipinski definition) is 5. The van der Waals surface area contributed by atoms with Gasteiger partial charge in [-0.25, -0.2) is 0 Å². The van der Waals surface area contributed by atoms with Crippen LogP contribution in [0.25, 0.3) is 0 Å². The monoisotopic (exact) mass is 671 g/mol. The molecule has 0 amide bonds. The van der Waals surface area contributed by atoms with E-state index < -0.39 is 0 Å². The molecule has 0 radical (unpaired) electrons. The van der Waals surface area contributed by atoms with Crippen molar-refractivity contribution in [3.63, 3.8) is 0 Å². The number of likely N-dealkylation sites (tertiary alicyclic amines) is 1. The molecule has 1 aromatic carbocycles. The van der Waals surface area contributed by atoms with Crippen molar-refractivity contribution < 1.29 is 0 Å². The molecule has 6 nitrogen and oxygen atoms in total. The van der Waals surface area contributed by atoms with Crippen LogP contribution in [0.2, 0.25) is 0 Å². The molecule has 3 saturated carbocycles. The zero-order chi connectivity index (χ0) is 33.7. The van der Waals surface area contributed by atoms with E-state index in [-0.39, 0.29) is 0 Å². The summed E-state index contributed by atoms with van der Waals surface area (Å²) in [6.07, 6.45) is 30.7. The van der Waals surface area contributed by atoms with Crippen molar-refractivity contribution in [3.05, 3.63) is 58.4 Å². The smallest absolute Gasteiger partial charge is 0.102 e. The summed E-state index contributed by atoms with van der Waals surface area (Å²) in [5.74, 6) is 3.60. The minimum absolute atomic E-state index is 0.548. The molecule has 4 fully saturated rings. The quantitative estimate of drug-likeness (QED) is 0.158. The average Bonchev–Trinajstić information content (AvgIpc) is 3.42. The van der Waals surface area contributed by atoms with Gasteiger partial charge in [-0.05, 0) is 151 Å². The lowest BCUT2D eigenvalue weighted by Gasteiger charge is -2.42. The molecule has 0 spiro atoms. The van der Waals surface area contributed by atoms with E-state index in [1.807, 2.05) is 0 Å². The third-order valence-electron chi connectivity index (χ3n) is 13.1. The Morgan fingerprint density at radius 3 is 2.55 bits per heavy atom. The van der Waals surface area contributed by atoms with Gasteiger partial charge in [-0.1, -0.05) is 74.8 Å². The van der Waals surface area contributed by atoms with Gasteiger partial charge in [0.25, 0.3) is 0 Å². The lowest BCUT2D eigenvalue weighted by atomic mass is 9.83. The first-order chi connectivity index (χ1) is 24.0. The molecule has 2 heterocycles. The van der Waals surface area contributed by atoms with Crippen molar-refractivity contribution in [2.24, 2.45) is 22.6 Å². The minimum atomic E-state index is 0.548. The standard InChI is InChI=1S/C43H70N6/c1-34-14-21-42(47-33-38-17-15-37(16-18-38)32-45-26-9-27-46-40-12-5-2-6-13-40)48-41(44)30-39(34)20-19-35-11-8-28-49(29-23-35)43-24-7-3-4-10-36(31-43)22-25-43/h15-18,30,35-36,40,45-46H,2-14,19-29,31-33,44H2,1H3,(H,47,48)/b39-34-,41-30-. The molecule has 5 aliphatic rings. The molecule has 5 N–H and O–H groups in total. The van der Waals surface area contributed by atoms with E-state index in [1.165, 1.54) is 151 Å². The Kier molecular flexibility index (Phi) is 14.1. The lowest BCUT2D eigenvalue weighted by molar-refractivity contribution is 0.0747. The molecular weight excluding hydrogens is 601 g/mol. The third kappa shape index (κ3) is 11.2. The zero-order valence-electron chi connectivity index (χ0n) is 31.2. The van der Waals surface area contributed by atoms with E-state index in [0.717, 1.165) is 68.4 Å². The van der Waals surface area contributed by atoms with Crippen LogP contribution in [-0.4, -0.2) is 48.5 Å². The van der Waals surface area contributed by atoms with Gasteiger partial charge in [0.15, 0.2) is 0 Å². The second-order valence-corrected chi connectivity index (χ2v) is 16.7. The van der Waals surface area contributed by atoms with Crippen LogP contribution in [0.5, 0.6) is 0 Å². The van der Waals surface area contributed by atoms with E-state index in [2.05, 4.69) is 58.1 Å². The van der Waals surface area contributed by atoms with Crippen LogP contribution < -0.4 is 21.7 Å². The molecule has 49 heavy (non-hydrogen) atoms. The summed E-state index contributed by atoms with van der Waals surface area (Å²) in [6, 6.07) is 9.71. The zero-order valence-corrected chi connectivity index (χ0v) is 31.2. The maximum absolute atomic E-state index is 6.56. The summed E-state index contributed by atoms with van der Waals surface area (Å²) in [7, 11) is 0. The van der Waals surface area contributed by atoms with E-state index in [1.54, 1.807) is 0 Å². The highest BCUT2D eigenvalue weighted by Crippen LogP contribution is 2.47. The van der Waals surface area contributed by atoms with E-state index >= 15 is 0 Å². The molecule has 3 aliphatic carbocycles. The van der Waals surface area contributed by atoms with Crippen LogP contribution in [0, 0.1) is 11.8 Å². The van der Waals surface area contributed by atoms with Crippen molar-refractivity contribution in [1.82, 2.24) is 20.9 Å². The summed E-state index contributed by atoms with van der Waals surface area (Å²) in [4.78, 5) is 7.96. The van der Waals surface area contributed by atoms with Gasteiger partial charge >= 0.3 is 0 Å². The second kappa shape index (κ2) is 18.9. The van der Waals surface area contributed by atoms with Gasteiger partial charge in [0.2, 0.25) is 0 Å². The number of fused-ring (bicyclic) bond motifs is 2. The molecule has 1 saturated heterocycles. The molecular formula is C43H70N6. The number of amidine groups is 1. The van der Waals surface area contributed by atoms with Crippen LogP contribution in [0.3, 0.4) is 0 Å². The molecule has 1 aromatic rings. The number of rotatable bonds is 13. The Bertz CT molecular complexity index is 1240. The maximum Gasteiger partial charge on any atom is 0.102 e. The van der Waals surface area contributed by atoms with Crippen LogP contribution >= 0.6 is 0 Å². The summed E-state index contributed by atoms with van der Waals surface area (Å²) in [5, 5.41) is 10.8. The van der Waals surface area contributed by atoms with Gasteiger partial charge in [0.05, 0.1) is 6.54 Å². The van der Waals surface area contributed by atoms with E-state index in [9.17, 15) is 0 Å². The van der Waals surface area contributed by atoms with Crippen LogP contribution in [-0.2, 0) is 13.1 Å². The molecule has 6 rings (SSSR count). The SMILES string of the molecule is C/C1=C(CCC2CCCN(C34CCCCCC(CC3)C4)CC2)/C=C(/N)NC(=NCc2ccc(CNCCCNC3CCCCC3)cc2)CC1. The fourth-order valence-electron chi connectivity index (χ4n) is 9.94. The van der Waals surface area contributed by atoms with Crippen molar-refractivity contribution >= 4 is 5.84 Å². The molecule has 2 aliphatic heterocycles. The highest BCUT2D eigenvalue weighted by Gasteiger charge is 2.43. The lowest BCUT2D eigenvalue weighted by Crippen LogP contribution is -2.47. The van der Waals surface area contributed by atoms with Gasteiger partial charge in [0.1, 0.15) is 11.7 Å². The summed E-state index contributed by atoms with van der Waals surface area (Å²) >= 11 is 0. The number of nitrogens with one attached hydrogen (secondary N) is 3. The molecule has 6 heteroatoms. The predicted molar refractivity (Wildman–Crippen MR) is 207 cm³/mol. The highest BCUT2D eigenvalue weighted by atomic mass is 15.2. The number of benzene rings is 1. The van der Waals surface area contributed by atoms with Crippen molar-refractivity contribution in [2.75, 3.05) is 26.2 Å². The fraction of sp³-hybridized carbons (Fsp3) is 0.744. The first-order valence-corrected chi connectivity index (χ1v) is 20.8. The van der Waals surface area contributed by atoms with Crippen molar-refractivity contribution in [2.45, 2.75) is 166 Å². The Labute approximate surface area is 299 Å². The molecule has 0 aromatic heterocycles. The number of allylic oxidation sites excluding steroid dienone is 3. The molecule has 2 bridgehead atoms. The Morgan fingerprint density at radius 1 is 0.857 bits per heavy atom. The third-order valence-corrected chi connectivity index (χ3v) is 13.1. The average molecular weight is 671 g/mol. The minimum Gasteiger partial charge on any atom is -0.385 e. The van der Waals surface area contributed by atoms with Crippen LogP contribution in [0.15, 0.2) is 52.3 Å². The van der Waals surface area contributed by atoms with Gasteiger partial charge in [0, 0.05) is 24.5 Å². The molecule has 3 unspecified atom stereocenters. The van der Waals surface area contributed by atoms with Gasteiger partial charge < -0.3 is 21.7 Å².